The Morgan fingerprint density at radius 1 is 1.52 bits per heavy atom. The standard InChI is InChI=1S/C17H24ClNO2/c1-12(2)9-13-5-4-8-17(11-13,16(20)21)19-15-7-3-6-14(18)10-15/h3,6-7,10,12-13,19H,4-5,8-9,11H2,1-2H3,(H,20,21). The molecule has 21 heavy (non-hydrogen) atoms. The van der Waals surface area contributed by atoms with Crippen LogP contribution in [0.5, 0.6) is 0 Å². The number of carbonyl (C=O) groups is 1. The van der Waals surface area contributed by atoms with Gasteiger partial charge in [-0.1, -0.05) is 44.4 Å². The third-order valence-corrected chi connectivity index (χ3v) is 4.51. The Kier molecular flexibility index (Phi) is 5.15. The van der Waals surface area contributed by atoms with Crippen molar-refractivity contribution >= 4 is 23.3 Å². The molecule has 1 saturated carbocycles. The van der Waals surface area contributed by atoms with Gasteiger partial charge in [-0.05, 0) is 49.3 Å². The van der Waals surface area contributed by atoms with Gasteiger partial charge in [-0.15, -0.1) is 0 Å². The summed E-state index contributed by atoms with van der Waals surface area (Å²) in [5.74, 6) is 0.322. The molecule has 116 valence electrons. The van der Waals surface area contributed by atoms with Gasteiger partial charge in [0, 0.05) is 10.7 Å². The summed E-state index contributed by atoms with van der Waals surface area (Å²) in [7, 11) is 0. The number of carboxylic acid groups (broad SMARTS) is 1. The molecule has 1 aliphatic carbocycles. The zero-order valence-electron chi connectivity index (χ0n) is 12.7. The monoisotopic (exact) mass is 309 g/mol. The van der Waals surface area contributed by atoms with Gasteiger partial charge in [0.15, 0.2) is 0 Å². The molecule has 0 aromatic heterocycles. The summed E-state index contributed by atoms with van der Waals surface area (Å²) in [4.78, 5) is 11.9. The fraction of sp³-hybridized carbons (Fsp3) is 0.588. The fourth-order valence-electron chi connectivity index (χ4n) is 3.46. The van der Waals surface area contributed by atoms with E-state index in [1.165, 1.54) is 0 Å². The van der Waals surface area contributed by atoms with E-state index in [9.17, 15) is 9.90 Å². The summed E-state index contributed by atoms with van der Waals surface area (Å²) in [6.07, 6.45) is 4.53. The van der Waals surface area contributed by atoms with E-state index in [4.69, 9.17) is 11.6 Å². The predicted octanol–water partition coefficient (Wildman–Crippen LogP) is 4.81. The predicted molar refractivity (Wildman–Crippen MR) is 86.9 cm³/mol. The molecule has 4 heteroatoms. The van der Waals surface area contributed by atoms with Crippen LogP contribution in [-0.4, -0.2) is 16.6 Å². The quantitative estimate of drug-likeness (QED) is 0.820. The number of nitrogens with one attached hydrogen (secondary N) is 1. The van der Waals surface area contributed by atoms with E-state index in [0.29, 0.717) is 29.7 Å². The van der Waals surface area contributed by atoms with E-state index in [1.807, 2.05) is 12.1 Å². The lowest BCUT2D eigenvalue weighted by atomic mass is 9.73. The molecule has 1 fully saturated rings. The lowest BCUT2D eigenvalue weighted by molar-refractivity contribution is -0.144. The average molecular weight is 310 g/mol. The number of rotatable bonds is 5. The van der Waals surface area contributed by atoms with Gasteiger partial charge in [0.1, 0.15) is 5.54 Å². The largest absolute Gasteiger partial charge is 0.480 e. The molecule has 2 atom stereocenters. The molecule has 3 nitrogen and oxygen atoms in total. The molecule has 2 N–H and O–H groups in total. The Morgan fingerprint density at radius 3 is 2.90 bits per heavy atom. The van der Waals surface area contributed by atoms with E-state index >= 15 is 0 Å². The van der Waals surface area contributed by atoms with Crippen LogP contribution in [-0.2, 0) is 4.79 Å². The first-order chi connectivity index (χ1) is 9.91. The Morgan fingerprint density at radius 2 is 2.29 bits per heavy atom. The van der Waals surface area contributed by atoms with Gasteiger partial charge in [0.2, 0.25) is 0 Å². The Labute approximate surface area is 131 Å². The molecular weight excluding hydrogens is 286 g/mol. The molecule has 0 amide bonds. The van der Waals surface area contributed by atoms with Crippen LogP contribution in [0.1, 0.15) is 46.0 Å². The fourth-order valence-corrected chi connectivity index (χ4v) is 3.65. The molecule has 1 aromatic rings. The van der Waals surface area contributed by atoms with Crippen molar-refractivity contribution in [2.24, 2.45) is 11.8 Å². The first kappa shape index (κ1) is 16.2. The van der Waals surface area contributed by atoms with Gasteiger partial charge in [-0.3, -0.25) is 0 Å². The van der Waals surface area contributed by atoms with E-state index < -0.39 is 11.5 Å². The number of halogens is 1. The zero-order valence-corrected chi connectivity index (χ0v) is 13.5. The number of carboxylic acids is 1. The zero-order chi connectivity index (χ0) is 15.5. The van der Waals surface area contributed by atoms with Gasteiger partial charge < -0.3 is 10.4 Å². The summed E-state index contributed by atoms with van der Waals surface area (Å²) >= 11 is 6.00. The Bertz CT molecular complexity index is 503. The normalized spacial score (nSPS) is 25.8. The van der Waals surface area contributed by atoms with Crippen LogP contribution in [0.25, 0.3) is 0 Å². The van der Waals surface area contributed by atoms with Crippen molar-refractivity contribution < 1.29 is 9.90 Å². The molecule has 1 aliphatic rings. The highest BCUT2D eigenvalue weighted by atomic mass is 35.5. The summed E-state index contributed by atoms with van der Waals surface area (Å²) in [6, 6.07) is 7.30. The number of hydrogen-bond acceptors (Lipinski definition) is 2. The van der Waals surface area contributed by atoms with Gasteiger partial charge in [-0.25, -0.2) is 4.79 Å². The smallest absolute Gasteiger partial charge is 0.329 e. The minimum absolute atomic E-state index is 0.474. The Balaban J connectivity index is 2.18. The molecule has 0 heterocycles. The molecule has 2 rings (SSSR count). The highest BCUT2D eigenvalue weighted by Gasteiger charge is 2.43. The summed E-state index contributed by atoms with van der Waals surface area (Å²) in [6.45, 7) is 4.39. The molecule has 1 aromatic carbocycles. The van der Waals surface area contributed by atoms with Crippen LogP contribution in [0.4, 0.5) is 5.69 Å². The molecule has 0 bridgehead atoms. The van der Waals surface area contributed by atoms with Crippen molar-refractivity contribution in [3.8, 4) is 0 Å². The van der Waals surface area contributed by atoms with Crippen LogP contribution in [0.3, 0.4) is 0 Å². The molecule has 0 spiro atoms. The molecule has 0 radical (unpaired) electrons. The van der Waals surface area contributed by atoms with Crippen LogP contribution in [0.2, 0.25) is 5.02 Å². The topological polar surface area (TPSA) is 49.3 Å². The summed E-state index contributed by atoms with van der Waals surface area (Å²) in [5.41, 5.74) is -0.0715. The minimum atomic E-state index is -0.859. The lowest BCUT2D eigenvalue weighted by Crippen LogP contribution is -2.50. The van der Waals surface area contributed by atoms with Crippen LogP contribution < -0.4 is 5.32 Å². The number of benzene rings is 1. The maximum Gasteiger partial charge on any atom is 0.329 e. The van der Waals surface area contributed by atoms with E-state index in [1.54, 1.807) is 12.1 Å². The van der Waals surface area contributed by atoms with Crippen LogP contribution in [0, 0.1) is 11.8 Å². The van der Waals surface area contributed by atoms with Gasteiger partial charge in [0.05, 0.1) is 0 Å². The van der Waals surface area contributed by atoms with Crippen LogP contribution in [0.15, 0.2) is 24.3 Å². The van der Waals surface area contributed by atoms with E-state index in [-0.39, 0.29) is 0 Å². The van der Waals surface area contributed by atoms with E-state index in [2.05, 4.69) is 19.2 Å². The molecule has 2 unspecified atom stereocenters. The first-order valence-electron chi connectivity index (χ1n) is 7.68. The van der Waals surface area contributed by atoms with Crippen molar-refractivity contribution in [1.82, 2.24) is 0 Å². The molecule has 0 saturated heterocycles. The second-order valence-corrected chi connectivity index (χ2v) is 7.05. The number of aliphatic carboxylic acids is 1. The SMILES string of the molecule is CC(C)CC1CCCC(Nc2cccc(Cl)c2)(C(=O)O)C1. The Hall–Kier alpha value is -1.22. The second kappa shape index (κ2) is 6.69. The number of anilines is 1. The van der Waals surface area contributed by atoms with Gasteiger partial charge in [0.25, 0.3) is 0 Å². The lowest BCUT2D eigenvalue weighted by Gasteiger charge is -2.39. The van der Waals surface area contributed by atoms with E-state index in [0.717, 1.165) is 24.9 Å². The van der Waals surface area contributed by atoms with Crippen molar-refractivity contribution in [3.63, 3.8) is 0 Å². The van der Waals surface area contributed by atoms with Gasteiger partial charge >= 0.3 is 5.97 Å². The maximum absolute atomic E-state index is 11.9. The van der Waals surface area contributed by atoms with Crippen molar-refractivity contribution in [2.45, 2.75) is 51.5 Å². The molecular formula is C17H24ClNO2. The maximum atomic E-state index is 11.9. The third kappa shape index (κ3) is 4.13. The van der Waals surface area contributed by atoms with Crippen LogP contribution >= 0.6 is 11.6 Å². The highest BCUT2D eigenvalue weighted by molar-refractivity contribution is 6.30. The number of hydrogen-bond donors (Lipinski definition) is 2. The second-order valence-electron chi connectivity index (χ2n) is 6.61. The summed E-state index contributed by atoms with van der Waals surface area (Å²) < 4.78 is 0. The third-order valence-electron chi connectivity index (χ3n) is 4.28. The first-order valence-corrected chi connectivity index (χ1v) is 8.06. The minimum Gasteiger partial charge on any atom is -0.480 e. The highest BCUT2D eigenvalue weighted by Crippen LogP contribution is 2.38. The molecule has 0 aliphatic heterocycles. The van der Waals surface area contributed by atoms with Gasteiger partial charge in [-0.2, -0.15) is 0 Å². The van der Waals surface area contributed by atoms with Crippen molar-refractivity contribution in [1.29, 1.82) is 0 Å². The van der Waals surface area contributed by atoms with Crippen molar-refractivity contribution in [2.75, 3.05) is 5.32 Å². The summed E-state index contributed by atoms with van der Waals surface area (Å²) in [5, 5.41) is 13.7. The van der Waals surface area contributed by atoms with Crippen molar-refractivity contribution in [3.05, 3.63) is 29.3 Å². The average Bonchev–Trinajstić information content (AvgIpc) is 2.38.